The standard InChI is InChI=1S/C21H23FN4O2/c1-5-26(14(2)3)21(27)17-10-16(22)6-7-18(17)28-19-11-23-13-24-20(19)25-9-8-15(4)12-25/h6-14H,5H2,1-4H3. The molecule has 1 amide bonds. The van der Waals surface area contributed by atoms with Crippen LogP contribution in [-0.4, -0.2) is 37.9 Å². The highest BCUT2D eigenvalue weighted by Crippen LogP contribution is 2.30. The Hall–Kier alpha value is -3.22. The van der Waals surface area contributed by atoms with E-state index in [1.807, 2.05) is 50.7 Å². The highest BCUT2D eigenvalue weighted by atomic mass is 19.1. The van der Waals surface area contributed by atoms with Gasteiger partial charge in [-0.3, -0.25) is 4.79 Å². The van der Waals surface area contributed by atoms with Gasteiger partial charge in [0.1, 0.15) is 17.9 Å². The largest absolute Gasteiger partial charge is 0.451 e. The molecule has 0 radical (unpaired) electrons. The lowest BCUT2D eigenvalue weighted by molar-refractivity contribution is 0.0713. The van der Waals surface area contributed by atoms with Crippen molar-refractivity contribution in [3.63, 3.8) is 0 Å². The third-order valence-electron chi connectivity index (χ3n) is 4.36. The molecule has 0 aliphatic heterocycles. The van der Waals surface area contributed by atoms with Gasteiger partial charge in [0.25, 0.3) is 5.91 Å². The molecule has 0 saturated carbocycles. The summed E-state index contributed by atoms with van der Waals surface area (Å²) in [6.45, 7) is 8.20. The van der Waals surface area contributed by atoms with Crippen molar-refractivity contribution in [1.29, 1.82) is 0 Å². The molecule has 7 heteroatoms. The van der Waals surface area contributed by atoms with Gasteiger partial charge < -0.3 is 14.2 Å². The van der Waals surface area contributed by atoms with E-state index in [1.54, 1.807) is 4.90 Å². The zero-order chi connectivity index (χ0) is 20.3. The quantitative estimate of drug-likeness (QED) is 0.635. The lowest BCUT2D eigenvalue weighted by Crippen LogP contribution is -2.36. The van der Waals surface area contributed by atoms with Crippen molar-refractivity contribution in [2.75, 3.05) is 6.54 Å². The third kappa shape index (κ3) is 4.03. The molecule has 0 N–H and O–H groups in total. The number of aryl methyl sites for hydroxylation is 1. The lowest BCUT2D eigenvalue weighted by atomic mass is 10.1. The van der Waals surface area contributed by atoms with Gasteiger partial charge in [0, 0.05) is 25.0 Å². The molecule has 1 aromatic carbocycles. The van der Waals surface area contributed by atoms with Crippen LogP contribution in [0.2, 0.25) is 0 Å². The fourth-order valence-corrected chi connectivity index (χ4v) is 2.99. The van der Waals surface area contributed by atoms with Crippen LogP contribution in [0.4, 0.5) is 4.39 Å². The number of halogens is 1. The lowest BCUT2D eigenvalue weighted by Gasteiger charge is -2.26. The zero-order valence-electron chi connectivity index (χ0n) is 16.4. The van der Waals surface area contributed by atoms with Crippen molar-refractivity contribution in [3.05, 3.63) is 66.1 Å². The van der Waals surface area contributed by atoms with Crippen molar-refractivity contribution >= 4 is 5.91 Å². The number of carbonyl (C=O) groups is 1. The van der Waals surface area contributed by atoms with Crippen LogP contribution >= 0.6 is 0 Å². The van der Waals surface area contributed by atoms with Crippen LogP contribution in [0, 0.1) is 12.7 Å². The Morgan fingerprint density at radius 3 is 2.71 bits per heavy atom. The molecule has 2 heterocycles. The van der Waals surface area contributed by atoms with Crippen molar-refractivity contribution in [1.82, 2.24) is 19.4 Å². The molecule has 0 aliphatic rings. The van der Waals surface area contributed by atoms with Gasteiger partial charge in [-0.25, -0.2) is 14.4 Å². The van der Waals surface area contributed by atoms with Crippen LogP contribution in [-0.2, 0) is 0 Å². The highest BCUT2D eigenvalue weighted by molar-refractivity contribution is 5.97. The highest BCUT2D eigenvalue weighted by Gasteiger charge is 2.23. The first-order valence-electron chi connectivity index (χ1n) is 9.14. The van der Waals surface area contributed by atoms with Gasteiger partial charge in [-0.15, -0.1) is 0 Å². The maximum absolute atomic E-state index is 13.9. The van der Waals surface area contributed by atoms with Crippen LogP contribution in [0.3, 0.4) is 0 Å². The van der Waals surface area contributed by atoms with E-state index < -0.39 is 5.82 Å². The number of nitrogens with zero attached hydrogens (tertiary/aromatic N) is 4. The average molecular weight is 382 g/mol. The average Bonchev–Trinajstić information content (AvgIpc) is 3.10. The van der Waals surface area contributed by atoms with Crippen molar-refractivity contribution in [2.24, 2.45) is 0 Å². The molecule has 28 heavy (non-hydrogen) atoms. The molecular weight excluding hydrogens is 359 g/mol. The van der Waals surface area contributed by atoms with E-state index in [0.29, 0.717) is 18.1 Å². The first kappa shape index (κ1) is 19.5. The van der Waals surface area contributed by atoms with Gasteiger partial charge in [-0.2, -0.15) is 0 Å². The number of rotatable bonds is 6. The SMILES string of the molecule is CCN(C(=O)c1cc(F)ccc1Oc1cncnc1-n1ccc(C)c1)C(C)C. The summed E-state index contributed by atoms with van der Waals surface area (Å²) in [5.74, 6) is 0.363. The number of carbonyl (C=O) groups excluding carboxylic acids is 1. The number of ether oxygens (including phenoxy) is 1. The second kappa shape index (κ2) is 8.21. The van der Waals surface area contributed by atoms with E-state index >= 15 is 0 Å². The summed E-state index contributed by atoms with van der Waals surface area (Å²) in [4.78, 5) is 22.9. The molecule has 6 nitrogen and oxygen atoms in total. The molecule has 0 atom stereocenters. The van der Waals surface area contributed by atoms with Crippen molar-refractivity contribution < 1.29 is 13.9 Å². The summed E-state index contributed by atoms with van der Waals surface area (Å²) < 4.78 is 21.7. The Labute approximate surface area is 163 Å². The second-order valence-corrected chi connectivity index (χ2v) is 6.73. The van der Waals surface area contributed by atoms with Gasteiger partial charge >= 0.3 is 0 Å². The third-order valence-corrected chi connectivity index (χ3v) is 4.36. The zero-order valence-corrected chi connectivity index (χ0v) is 16.4. The summed E-state index contributed by atoms with van der Waals surface area (Å²) in [5.41, 5.74) is 1.23. The molecule has 0 bridgehead atoms. The van der Waals surface area contributed by atoms with Gasteiger partial charge in [0.2, 0.25) is 0 Å². The molecule has 0 aliphatic carbocycles. The van der Waals surface area contributed by atoms with Gasteiger partial charge in [0.05, 0.1) is 11.8 Å². The predicted molar refractivity (Wildman–Crippen MR) is 104 cm³/mol. The van der Waals surface area contributed by atoms with E-state index in [1.165, 1.54) is 30.7 Å². The minimum Gasteiger partial charge on any atom is -0.451 e. The van der Waals surface area contributed by atoms with E-state index in [4.69, 9.17) is 4.74 Å². The molecule has 0 spiro atoms. The first-order chi connectivity index (χ1) is 13.4. The maximum atomic E-state index is 13.9. The number of hydrogen-bond acceptors (Lipinski definition) is 4. The number of aromatic nitrogens is 3. The Balaban J connectivity index is 2.02. The van der Waals surface area contributed by atoms with Crippen LogP contribution in [0.5, 0.6) is 11.5 Å². The van der Waals surface area contributed by atoms with Crippen LogP contribution in [0.1, 0.15) is 36.7 Å². The summed E-state index contributed by atoms with van der Waals surface area (Å²) in [5, 5.41) is 0. The number of amides is 1. The summed E-state index contributed by atoms with van der Waals surface area (Å²) in [6, 6.07) is 5.84. The predicted octanol–water partition coefficient (Wildman–Crippen LogP) is 4.38. The number of benzene rings is 1. The van der Waals surface area contributed by atoms with Crippen LogP contribution in [0.15, 0.2) is 49.2 Å². The Kier molecular flexibility index (Phi) is 5.73. The molecular formula is C21H23FN4O2. The summed E-state index contributed by atoms with van der Waals surface area (Å²) >= 11 is 0. The van der Waals surface area contributed by atoms with E-state index in [-0.39, 0.29) is 23.3 Å². The monoisotopic (exact) mass is 382 g/mol. The Morgan fingerprint density at radius 1 is 1.29 bits per heavy atom. The Morgan fingerprint density at radius 2 is 2.07 bits per heavy atom. The molecule has 146 valence electrons. The van der Waals surface area contributed by atoms with Crippen LogP contribution in [0.25, 0.3) is 5.82 Å². The van der Waals surface area contributed by atoms with E-state index in [0.717, 1.165) is 5.56 Å². The number of hydrogen-bond donors (Lipinski definition) is 0. The Bertz CT molecular complexity index is 984. The van der Waals surface area contributed by atoms with Gasteiger partial charge in [-0.1, -0.05) is 0 Å². The summed E-state index contributed by atoms with van der Waals surface area (Å²) in [6.07, 6.45) is 6.71. The topological polar surface area (TPSA) is 60.3 Å². The maximum Gasteiger partial charge on any atom is 0.257 e. The van der Waals surface area contributed by atoms with Crippen molar-refractivity contribution in [3.8, 4) is 17.3 Å². The first-order valence-corrected chi connectivity index (χ1v) is 9.14. The van der Waals surface area contributed by atoms with Gasteiger partial charge in [0.15, 0.2) is 11.6 Å². The second-order valence-electron chi connectivity index (χ2n) is 6.73. The fourth-order valence-electron chi connectivity index (χ4n) is 2.99. The van der Waals surface area contributed by atoms with Crippen LogP contribution < -0.4 is 4.74 Å². The molecule has 0 unspecified atom stereocenters. The molecule has 0 fully saturated rings. The minimum absolute atomic E-state index is 0.0212. The normalized spacial score (nSPS) is 10.9. The molecule has 3 rings (SSSR count). The summed E-state index contributed by atoms with van der Waals surface area (Å²) in [7, 11) is 0. The smallest absolute Gasteiger partial charge is 0.257 e. The van der Waals surface area contributed by atoms with Crippen molar-refractivity contribution in [2.45, 2.75) is 33.7 Å². The minimum atomic E-state index is -0.499. The van der Waals surface area contributed by atoms with Gasteiger partial charge in [-0.05, 0) is 57.5 Å². The molecule has 3 aromatic rings. The van der Waals surface area contributed by atoms with E-state index in [2.05, 4.69) is 9.97 Å². The molecule has 0 saturated heterocycles. The molecule has 2 aromatic heterocycles. The fraction of sp³-hybridized carbons (Fsp3) is 0.286. The van der Waals surface area contributed by atoms with E-state index in [9.17, 15) is 9.18 Å².